The Morgan fingerprint density at radius 2 is 1.29 bits per heavy atom. The van der Waals surface area contributed by atoms with Crippen molar-refractivity contribution >= 4 is 16.9 Å². The molecule has 51 heavy (non-hydrogen) atoms. The second-order valence-corrected chi connectivity index (χ2v) is 14.5. The molecular weight excluding hydrogens is 617 g/mol. The maximum Gasteiger partial charge on any atom is 0.0655 e. The number of allylic oxidation sites excluding steroid dienone is 12. The SMILES string of the molecule is CC12C=CC=CC1N(c1ccc(C3C=CC(N(C4=CCC(c5ccccc5)C=C4)C4=C(c5ccccc5)C=CCC4)=CC3)cc1)c1ccccc12. The molecule has 0 N–H and O–H groups in total. The fraction of sp³-hybridized carbons (Fsp3) is 0.184. The highest BCUT2D eigenvalue weighted by Gasteiger charge is 2.46. The second-order valence-electron chi connectivity index (χ2n) is 14.5. The lowest BCUT2D eigenvalue weighted by Gasteiger charge is -2.36. The van der Waals surface area contributed by atoms with Crippen LogP contribution in [0.15, 0.2) is 199 Å². The van der Waals surface area contributed by atoms with Crippen LogP contribution in [0.1, 0.15) is 66.7 Å². The third-order valence-corrected chi connectivity index (χ3v) is 11.5. The van der Waals surface area contributed by atoms with Gasteiger partial charge in [0.25, 0.3) is 0 Å². The number of rotatable bonds is 7. The van der Waals surface area contributed by atoms with Crippen molar-refractivity contribution < 1.29 is 0 Å². The van der Waals surface area contributed by atoms with E-state index in [9.17, 15) is 0 Å². The molecule has 4 aliphatic carbocycles. The van der Waals surface area contributed by atoms with Crippen molar-refractivity contribution in [2.24, 2.45) is 0 Å². The molecule has 0 amide bonds. The summed E-state index contributed by atoms with van der Waals surface area (Å²) < 4.78 is 0. The van der Waals surface area contributed by atoms with Crippen molar-refractivity contribution in [1.82, 2.24) is 4.90 Å². The Bertz CT molecular complexity index is 2170. The molecule has 2 nitrogen and oxygen atoms in total. The Kier molecular flexibility index (Phi) is 8.16. The van der Waals surface area contributed by atoms with Gasteiger partial charge in [0, 0.05) is 51.3 Å². The van der Waals surface area contributed by atoms with Crippen molar-refractivity contribution in [1.29, 1.82) is 0 Å². The molecular formula is C49H44N2. The fourth-order valence-corrected chi connectivity index (χ4v) is 8.77. The van der Waals surface area contributed by atoms with Gasteiger partial charge in [-0.05, 0) is 85.2 Å². The summed E-state index contributed by atoms with van der Waals surface area (Å²) >= 11 is 0. The second kappa shape index (κ2) is 13.3. The summed E-state index contributed by atoms with van der Waals surface area (Å²) in [7, 11) is 0. The van der Waals surface area contributed by atoms with E-state index in [0.29, 0.717) is 11.8 Å². The molecule has 250 valence electrons. The lowest BCUT2D eigenvalue weighted by atomic mass is 9.76. The van der Waals surface area contributed by atoms with Crippen molar-refractivity contribution in [3.63, 3.8) is 0 Å². The molecule has 0 radical (unpaired) electrons. The average Bonchev–Trinajstić information content (AvgIpc) is 3.48. The molecule has 0 spiro atoms. The Morgan fingerprint density at radius 1 is 0.647 bits per heavy atom. The summed E-state index contributed by atoms with van der Waals surface area (Å²) in [6, 6.07) is 40.3. The molecule has 4 atom stereocenters. The smallest absolute Gasteiger partial charge is 0.0655 e. The van der Waals surface area contributed by atoms with Gasteiger partial charge in [0.1, 0.15) is 0 Å². The third kappa shape index (κ3) is 5.69. The van der Waals surface area contributed by atoms with Crippen LogP contribution in [-0.2, 0) is 5.41 Å². The van der Waals surface area contributed by atoms with Gasteiger partial charge in [0.2, 0.25) is 0 Å². The molecule has 0 saturated carbocycles. The summed E-state index contributed by atoms with van der Waals surface area (Å²) in [6.07, 6.45) is 32.3. The van der Waals surface area contributed by atoms with E-state index in [1.54, 1.807) is 0 Å². The highest BCUT2D eigenvalue weighted by atomic mass is 15.2. The molecule has 2 heteroatoms. The summed E-state index contributed by atoms with van der Waals surface area (Å²) in [5.74, 6) is 0.743. The maximum absolute atomic E-state index is 2.55. The van der Waals surface area contributed by atoms with E-state index in [-0.39, 0.29) is 11.5 Å². The highest BCUT2D eigenvalue weighted by molar-refractivity contribution is 5.79. The number of hydrogen-bond acceptors (Lipinski definition) is 2. The molecule has 0 fully saturated rings. The number of nitrogens with zero attached hydrogens (tertiary/aromatic N) is 2. The number of fused-ring (bicyclic) bond motifs is 3. The molecule has 1 heterocycles. The van der Waals surface area contributed by atoms with Gasteiger partial charge in [-0.3, -0.25) is 0 Å². The van der Waals surface area contributed by atoms with Crippen molar-refractivity contribution in [2.45, 2.75) is 55.9 Å². The zero-order valence-electron chi connectivity index (χ0n) is 29.3. The molecule has 4 aromatic carbocycles. The van der Waals surface area contributed by atoms with Gasteiger partial charge in [-0.15, -0.1) is 0 Å². The predicted octanol–water partition coefficient (Wildman–Crippen LogP) is 12.2. The number of hydrogen-bond donors (Lipinski definition) is 0. The molecule has 9 rings (SSSR count). The minimum atomic E-state index is -0.0292. The van der Waals surface area contributed by atoms with Gasteiger partial charge in [-0.2, -0.15) is 0 Å². The average molecular weight is 661 g/mol. The Morgan fingerprint density at radius 3 is 1.98 bits per heavy atom. The van der Waals surface area contributed by atoms with Crippen LogP contribution in [0.3, 0.4) is 0 Å². The van der Waals surface area contributed by atoms with Gasteiger partial charge in [0.05, 0.1) is 6.04 Å². The lowest BCUT2D eigenvalue weighted by Crippen LogP contribution is -2.39. The standard InChI is InChI=1S/C49H44N2/c1-49-35-13-12-22-48(49)51(47-21-11-9-19-45(47)49)43-33-27-39(28-34-43)38-25-31-42(32-26-38)50(41-29-23-37(24-30-41)36-14-4-2-5-15-36)46-20-10-8-18-44(46)40-16-6-3-7-17-40/h2-9,11-19,21-23,25,27-35,37-38,48H,10,20,24,26H2,1H3. The molecule has 4 aromatic rings. The van der Waals surface area contributed by atoms with E-state index >= 15 is 0 Å². The van der Waals surface area contributed by atoms with E-state index in [1.807, 2.05) is 0 Å². The van der Waals surface area contributed by atoms with Gasteiger partial charge < -0.3 is 9.80 Å². The van der Waals surface area contributed by atoms with Gasteiger partial charge >= 0.3 is 0 Å². The maximum atomic E-state index is 2.55. The topological polar surface area (TPSA) is 6.48 Å². The molecule has 5 aliphatic rings. The number of anilines is 2. The van der Waals surface area contributed by atoms with Crippen LogP contribution in [0.5, 0.6) is 0 Å². The number of benzene rings is 4. The summed E-state index contributed by atoms with van der Waals surface area (Å²) in [6.45, 7) is 2.37. The quantitative estimate of drug-likeness (QED) is 0.195. The largest absolute Gasteiger partial charge is 0.333 e. The zero-order chi connectivity index (χ0) is 34.2. The van der Waals surface area contributed by atoms with Gasteiger partial charge in [0.15, 0.2) is 0 Å². The van der Waals surface area contributed by atoms with Gasteiger partial charge in [-0.1, -0.05) is 152 Å². The number of para-hydroxylation sites is 1. The molecule has 4 unspecified atom stereocenters. The normalized spacial score (nSPS) is 24.6. The molecule has 0 bridgehead atoms. The van der Waals surface area contributed by atoms with E-state index < -0.39 is 0 Å². The van der Waals surface area contributed by atoms with E-state index in [1.165, 1.54) is 56.3 Å². The van der Waals surface area contributed by atoms with Gasteiger partial charge in [-0.25, -0.2) is 0 Å². The van der Waals surface area contributed by atoms with Crippen LogP contribution in [0.4, 0.5) is 11.4 Å². The fourth-order valence-electron chi connectivity index (χ4n) is 8.77. The van der Waals surface area contributed by atoms with Crippen molar-refractivity contribution in [3.05, 3.63) is 221 Å². The molecule has 0 saturated heterocycles. The molecule has 0 aromatic heterocycles. The Labute approximate surface area is 303 Å². The highest BCUT2D eigenvalue weighted by Crippen LogP contribution is 2.51. The van der Waals surface area contributed by atoms with E-state index in [0.717, 1.165) is 25.7 Å². The first-order chi connectivity index (χ1) is 25.2. The van der Waals surface area contributed by atoms with Crippen molar-refractivity contribution in [2.75, 3.05) is 4.90 Å². The minimum Gasteiger partial charge on any atom is -0.333 e. The Hall–Kier alpha value is -5.60. The summed E-state index contributed by atoms with van der Waals surface area (Å²) in [5, 5.41) is 0. The van der Waals surface area contributed by atoms with Crippen molar-refractivity contribution in [3.8, 4) is 0 Å². The molecule has 1 aliphatic heterocycles. The predicted molar refractivity (Wildman–Crippen MR) is 214 cm³/mol. The monoisotopic (exact) mass is 660 g/mol. The van der Waals surface area contributed by atoms with Crippen LogP contribution in [0, 0.1) is 0 Å². The van der Waals surface area contributed by atoms with Crippen LogP contribution in [-0.4, -0.2) is 10.9 Å². The summed E-state index contributed by atoms with van der Waals surface area (Å²) in [5.41, 5.74) is 13.2. The summed E-state index contributed by atoms with van der Waals surface area (Å²) in [4.78, 5) is 5.07. The first-order valence-electron chi connectivity index (χ1n) is 18.6. The van der Waals surface area contributed by atoms with Crippen LogP contribution in [0.25, 0.3) is 5.57 Å². The first-order valence-corrected chi connectivity index (χ1v) is 18.6. The van der Waals surface area contributed by atoms with Crippen LogP contribution < -0.4 is 4.90 Å². The minimum absolute atomic E-state index is 0.0292. The Balaban J connectivity index is 1.01. The van der Waals surface area contributed by atoms with E-state index in [2.05, 4.69) is 199 Å². The van der Waals surface area contributed by atoms with Crippen LogP contribution >= 0.6 is 0 Å². The van der Waals surface area contributed by atoms with E-state index in [4.69, 9.17) is 0 Å². The zero-order valence-corrected chi connectivity index (χ0v) is 29.3. The third-order valence-electron chi connectivity index (χ3n) is 11.5. The first kappa shape index (κ1) is 31.4. The lowest BCUT2D eigenvalue weighted by molar-refractivity contribution is 0.517. The van der Waals surface area contributed by atoms with Crippen LogP contribution in [0.2, 0.25) is 0 Å².